The minimum atomic E-state index is -4.29. The molecule has 0 spiro atoms. The predicted octanol–water partition coefficient (Wildman–Crippen LogP) is 14.8. The van der Waals surface area contributed by atoms with Gasteiger partial charge in [-0.2, -0.15) is 0 Å². The van der Waals surface area contributed by atoms with Gasteiger partial charge in [0.15, 0.2) is 0 Å². The molecular formula is C52H93NO7P+. The van der Waals surface area contributed by atoms with Gasteiger partial charge in [-0.15, -0.1) is 0 Å². The molecule has 2 atom stereocenters. The van der Waals surface area contributed by atoms with Crippen LogP contribution >= 0.6 is 7.82 Å². The highest BCUT2D eigenvalue weighted by molar-refractivity contribution is 7.47. The van der Waals surface area contributed by atoms with E-state index in [-0.39, 0.29) is 25.8 Å². The number of ether oxygens (including phenoxy) is 2. The van der Waals surface area contributed by atoms with Gasteiger partial charge in [0.05, 0.1) is 34.4 Å². The van der Waals surface area contributed by atoms with Crippen LogP contribution in [0.15, 0.2) is 85.1 Å². The third kappa shape index (κ3) is 48.6. The molecule has 0 saturated heterocycles. The zero-order valence-corrected chi connectivity index (χ0v) is 40.8. The molecule has 8 nitrogen and oxygen atoms in total. The largest absolute Gasteiger partial charge is 0.472 e. The Morgan fingerprint density at radius 2 is 0.951 bits per heavy atom. The van der Waals surface area contributed by atoms with Crippen LogP contribution in [0.2, 0.25) is 0 Å². The lowest BCUT2D eigenvalue weighted by Crippen LogP contribution is -2.37. The number of esters is 1. The third-order valence-corrected chi connectivity index (χ3v) is 10.9. The van der Waals surface area contributed by atoms with Crippen molar-refractivity contribution in [3.05, 3.63) is 85.1 Å². The van der Waals surface area contributed by atoms with Crippen LogP contribution in [-0.2, 0) is 27.9 Å². The second-order valence-corrected chi connectivity index (χ2v) is 18.6. The number of rotatable bonds is 44. The average molecular weight is 875 g/mol. The molecule has 0 fully saturated rings. The smallest absolute Gasteiger partial charge is 0.457 e. The lowest BCUT2D eigenvalue weighted by Gasteiger charge is -2.24. The highest BCUT2D eigenvalue weighted by atomic mass is 31.2. The van der Waals surface area contributed by atoms with Gasteiger partial charge >= 0.3 is 13.8 Å². The number of phosphoric ester groups is 1. The van der Waals surface area contributed by atoms with Crippen molar-refractivity contribution in [3.8, 4) is 0 Å². The lowest BCUT2D eigenvalue weighted by molar-refractivity contribution is -0.870. The van der Waals surface area contributed by atoms with Crippen molar-refractivity contribution >= 4 is 13.8 Å². The Bertz CT molecular complexity index is 1250. The Labute approximate surface area is 375 Å². The minimum absolute atomic E-state index is 0.0765. The number of nitrogens with zero attached hydrogens (tertiary/aromatic N) is 1. The van der Waals surface area contributed by atoms with Gasteiger partial charge < -0.3 is 18.9 Å². The topological polar surface area (TPSA) is 91.3 Å². The Morgan fingerprint density at radius 3 is 1.44 bits per heavy atom. The fourth-order valence-corrected chi connectivity index (χ4v) is 6.94. The van der Waals surface area contributed by atoms with E-state index in [4.69, 9.17) is 18.5 Å². The maximum absolute atomic E-state index is 12.7. The van der Waals surface area contributed by atoms with Crippen molar-refractivity contribution in [2.75, 3.05) is 54.1 Å². The van der Waals surface area contributed by atoms with E-state index in [9.17, 15) is 14.3 Å². The summed E-state index contributed by atoms with van der Waals surface area (Å²) < 4.78 is 35.0. The molecule has 0 aliphatic rings. The van der Waals surface area contributed by atoms with E-state index < -0.39 is 13.9 Å². The van der Waals surface area contributed by atoms with E-state index in [0.717, 1.165) is 83.5 Å². The zero-order chi connectivity index (χ0) is 44.8. The van der Waals surface area contributed by atoms with Gasteiger partial charge in [0.1, 0.15) is 19.3 Å². The summed E-state index contributed by atoms with van der Waals surface area (Å²) in [5.74, 6) is -0.333. The van der Waals surface area contributed by atoms with E-state index in [1.807, 2.05) is 21.1 Å². The fourth-order valence-electron chi connectivity index (χ4n) is 6.20. The number of carbonyl (C=O) groups excluding carboxylic acids is 1. The molecule has 61 heavy (non-hydrogen) atoms. The van der Waals surface area contributed by atoms with Gasteiger partial charge in [-0.3, -0.25) is 13.8 Å². The molecule has 0 aromatic heterocycles. The monoisotopic (exact) mass is 875 g/mol. The van der Waals surface area contributed by atoms with Crippen LogP contribution in [0.5, 0.6) is 0 Å². The highest BCUT2D eigenvalue weighted by Crippen LogP contribution is 2.43. The van der Waals surface area contributed by atoms with Gasteiger partial charge in [-0.05, 0) is 89.9 Å². The summed E-state index contributed by atoms with van der Waals surface area (Å²) >= 11 is 0. The number of carbonyl (C=O) groups is 1. The van der Waals surface area contributed by atoms with Crippen molar-refractivity contribution in [2.45, 2.75) is 187 Å². The number of unbranched alkanes of at least 4 members (excludes halogenated alkanes) is 16. The molecular weight excluding hydrogens is 782 g/mol. The van der Waals surface area contributed by atoms with Gasteiger partial charge in [0.2, 0.25) is 0 Å². The van der Waals surface area contributed by atoms with Gasteiger partial charge in [-0.25, -0.2) is 4.57 Å². The summed E-state index contributed by atoms with van der Waals surface area (Å²) in [7, 11) is 1.63. The first-order chi connectivity index (χ1) is 29.6. The number of hydrogen-bond acceptors (Lipinski definition) is 6. The number of phosphoric acid groups is 1. The Balaban J connectivity index is 4.28. The predicted molar refractivity (Wildman–Crippen MR) is 261 cm³/mol. The summed E-state index contributed by atoms with van der Waals surface area (Å²) in [6.07, 6.45) is 59.1. The van der Waals surface area contributed by atoms with Crippen LogP contribution in [0.4, 0.5) is 0 Å². The summed E-state index contributed by atoms with van der Waals surface area (Å²) in [6.45, 7) is 5.40. The van der Waals surface area contributed by atoms with E-state index >= 15 is 0 Å². The van der Waals surface area contributed by atoms with Crippen LogP contribution in [0.25, 0.3) is 0 Å². The summed E-state index contributed by atoms with van der Waals surface area (Å²) in [6, 6.07) is 0. The number of quaternary nitrogens is 1. The van der Waals surface area contributed by atoms with E-state index in [1.165, 1.54) is 77.0 Å². The first kappa shape index (κ1) is 58.7. The van der Waals surface area contributed by atoms with Crippen LogP contribution in [0, 0.1) is 0 Å². The average Bonchev–Trinajstić information content (AvgIpc) is 3.22. The normalized spacial score (nSPS) is 14.4. The standard InChI is InChI=1S/C52H92NO7P/c1-6-8-10-12-14-16-18-20-22-24-25-26-27-28-30-32-34-36-38-40-42-44-47-57-49-51(50-59-61(55,56)58-48-46-53(3,4)5)60-52(54)45-43-41-39-37-35-33-31-29-23-21-19-17-15-13-11-9-7-2/h8,10,14,16,20-23,25-26,28,30,34,36,51H,6-7,9,11-13,15,17-19,24,27,29,31-33,35,37-50H2,1-5H3/p+1/b10-8-,16-14-,22-20-,23-21-,26-25-,30-28-,36-34-. The molecule has 2 unspecified atom stereocenters. The molecule has 0 saturated carbocycles. The molecule has 0 aromatic carbocycles. The molecule has 0 rings (SSSR count). The van der Waals surface area contributed by atoms with E-state index in [1.54, 1.807) is 0 Å². The highest BCUT2D eigenvalue weighted by Gasteiger charge is 2.26. The molecule has 1 N–H and O–H groups in total. The maximum Gasteiger partial charge on any atom is 0.472 e. The van der Waals surface area contributed by atoms with E-state index in [2.05, 4.69) is 98.9 Å². The molecule has 0 heterocycles. The first-order valence-electron chi connectivity index (χ1n) is 24.3. The second-order valence-electron chi connectivity index (χ2n) is 17.1. The van der Waals surface area contributed by atoms with Crippen molar-refractivity contribution in [3.63, 3.8) is 0 Å². The molecule has 352 valence electrons. The zero-order valence-electron chi connectivity index (χ0n) is 39.9. The molecule has 0 amide bonds. The molecule has 0 aliphatic heterocycles. The number of hydrogen-bond donors (Lipinski definition) is 1. The first-order valence-corrected chi connectivity index (χ1v) is 25.8. The van der Waals surface area contributed by atoms with Crippen molar-refractivity contribution in [1.29, 1.82) is 0 Å². The third-order valence-electron chi connectivity index (χ3n) is 9.94. The summed E-state index contributed by atoms with van der Waals surface area (Å²) in [5.41, 5.74) is 0. The van der Waals surface area contributed by atoms with Crippen LogP contribution < -0.4 is 0 Å². The Morgan fingerprint density at radius 1 is 0.525 bits per heavy atom. The van der Waals surface area contributed by atoms with Crippen molar-refractivity contribution in [2.24, 2.45) is 0 Å². The van der Waals surface area contributed by atoms with Gasteiger partial charge in [0.25, 0.3) is 0 Å². The molecule has 0 aromatic rings. The molecule has 0 bridgehead atoms. The van der Waals surface area contributed by atoms with Crippen molar-refractivity contribution < 1.29 is 37.3 Å². The van der Waals surface area contributed by atoms with Crippen LogP contribution in [0.3, 0.4) is 0 Å². The lowest BCUT2D eigenvalue weighted by atomic mass is 10.1. The summed E-state index contributed by atoms with van der Waals surface area (Å²) in [5, 5.41) is 0. The number of allylic oxidation sites excluding steroid dienone is 14. The van der Waals surface area contributed by atoms with Gasteiger partial charge in [-0.1, -0.05) is 170 Å². The SMILES string of the molecule is CC/C=C\C/C=C\C/C=C\C/C=C\C/C=C\C/C=C\CCCCCOCC(COP(=O)(O)OCC[N+](C)(C)C)OC(=O)CCCCCCCCC/C=C\CCCCCCCC. The summed E-state index contributed by atoms with van der Waals surface area (Å²) in [4.78, 5) is 23.0. The Hall–Kier alpha value is -2.32. The fraction of sp³-hybridized carbons (Fsp3) is 0.712. The van der Waals surface area contributed by atoms with E-state index in [0.29, 0.717) is 24.1 Å². The Kier molecular flexibility index (Phi) is 42.6. The van der Waals surface area contributed by atoms with Crippen molar-refractivity contribution in [1.82, 2.24) is 0 Å². The minimum Gasteiger partial charge on any atom is -0.457 e. The molecule has 9 heteroatoms. The molecule has 0 radical (unpaired) electrons. The van der Waals surface area contributed by atoms with Crippen LogP contribution in [0.1, 0.15) is 181 Å². The quantitative estimate of drug-likeness (QED) is 0.0214. The van der Waals surface area contributed by atoms with Crippen LogP contribution in [-0.4, -0.2) is 75.6 Å². The molecule has 0 aliphatic carbocycles. The maximum atomic E-state index is 12.7. The second kappa shape index (κ2) is 44.3. The van der Waals surface area contributed by atoms with Gasteiger partial charge in [0, 0.05) is 13.0 Å². The number of likely N-dealkylation sites (N-methyl/N-ethyl adjacent to an activating group) is 1.